The number of aromatic nitrogens is 2. The van der Waals surface area contributed by atoms with E-state index in [1.165, 1.54) is 5.69 Å². The Morgan fingerprint density at radius 3 is 2.89 bits per heavy atom. The van der Waals surface area contributed by atoms with Crippen LogP contribution in [0.4, 0.5) is 0 Å². The van der Waals surface area contributed by atoms with Gasteiger partial charge in [0.25, 0.3) is 0 Å². The van der Waals surface area contributed by atoms with Gasteiger partial charge in [-0.2, -0.15) is 5.10 Å². The Kier molecular flexibility index (Phi) is 4.75. The van der Waals surface area contributed by atoms with E-state index < -0.39 is 0 Å². The van der Waals surface area contributed by atoms with Crippen molar-refractivity contribution in [3.05, 3.63) is 17.5 Å². The zero-order valence-electron chi connectivity index (χ0n) is 12.4. The molecule has 0 N–H and O–H groups in total. The number of aryl methyl sites for hydroxylation is 2. The second kappa shape index (κ2) is 6.33. The fraction of sp³-hybridized carbons (Fsp3) is 0.733. The lowest BCUT2D eigenvalue weighted by Gasteiger charge is -2.31. The average Bonchev–Trinajstić information content (AvgIpc) is 2.81. The van der Waals surface area contributed by atoms with Crippen LogP contribution < -0.4 is 0 Å². The molecule has 1 aromatic rings. The number of nitrogens with zero attached hydrogens (tertiary/aromatic N) is 3. The highest BCUT2D eigenvalue weighted by molar-refractivity contribution is 5.78. The number of likely N-dealkylation sites (tertiary alicyclic amines) is 1. The molecule has 2 rings (SSSR count). The molecule has 0 aromatic carbocycles. The van der Waals surface area contributed by atoms with Crippen molar-refractivity contribution < 1.29 is 4.79 Å². The molecule has 1 saturated heterocycles. The van der Waals surface area contributed by atoms with Gasteiger partial charge in [0.05, 0.1) is 11.4 Å². The molecule has 4 nitrogen and oxygen atoms in total. The summed E-state index contributed by atoms with van der Waals surface area (Å²) in [5.41, 5.74) is 2.44. The van der Waals surface area contributed by atoms with Gasteiger partial charge < -0.3 is 0 Å². The largest absolute Gasteiger partial charge is 0.300 e. The van der Waals surface area contributed by atoms with E-state index in [1.807, 2.05) is 0 Å². The molecule has 1 fully saturated rings. The third-order valence-electron chi connectivity index (χ3n) is 4.04. The van der Waals surface area contributed by atoms with Crippen LogP contribution in [0.1, 0.15) is 45.0 Å². The van der Waals surface area contributed by atoms with Crippen LogP contribution in [0.2, 0.25) is 0 Å². The van der Waals surface area contributed by atoms with Gasteiger partial charge >= 0.3 is 0 Å². The van der Waals surface area contributed by atoms with Crippen LogP contribution in [0.15, 0.2) is 6.07 Å². The van der Waals surface area contributed by atoms with Gasteiger partial charge in [0, 0.05) is 25.6 Å². The van der Waals surface area contributed by atoms with E-state index >= 15 is 0 Å². The molecule has 2 heterocycles. The van der Waals surface area contributed by atoms with Gasteiger partial charge in [-0.15, -0.1) is 0 Å². The van der Waals surface area contributed by atoms with Gasteiger partial charge in [-0.05, 0) is 45.7 Å². The smallest absolute Gasteiger partial charge is 0.134 e. The van der Waals surface area contributed by atoms with Crippen molar-refractivity contribution in [2.75, 3.05) is 13.1 Å². The molecule has 0 amide bonds. The Morgan fingerprint density at radius 1 is 1.47 bits per heavy atom. The first kappa shape index (κ1) is 14.3. The molecule has 1 aliphatic rings. The monoisotopic (exact) mass is 263 g/mol. The summed E-state index contributed by atoms with van der Waals surface area (Å²) in [5.74, 6) is 0.570. The standard InChI is InChI=1S/C15H25N3O/c1-4-14-9-15(18(5-2)16-14)11-17-8-6-7-13(10-17)12(3)19/h9,13H,4-8,10-11H2,1-3H3. The molecule has 0 spiro atoms. The molecule has 1 aromatic heterocycles. The van der Waals surface area contributed by atoms with Crippen molar-refractivity contribution in [2.24, 2.45) is 5.92 Å². The molecular weight excluding hydrogens is 238 g/mol. The van der Waals surface area contributed by atoms with Gasteiger partial charge in [-0.25, -0.2) is 0 Å². The Bertz CT molecular complexity index is 439. The molecule has 1 atom stereocenters. The number of piperidine rings is 1. The van der Waals surface area contributed by atoms with Crippen molar-refractivity contribution in [3.63, 3.8) is 0 Å². The maximum absolute atomic E-state index is 11.5. The van der Waals surface area contributed by atoms with Crippen LogP contribution in [-0.4, -0.2) is 33.6 Å². The van der Waals surface area contributed by atoms with Gasteiger partial charge in [-0.1, -0.05) is 6.92 Å². The lowest BCUT2D eigenvalue weighted by Crippen LogP contribution is -2.38. The minimum atomic E-state index is 0.234. The molecule has 0 bridgehead atoms. The highest BCUT2D eigenvalue weighted by atomic mass is 16.1. The number of carbonyl (C=O) groups excluding carboxylic acids is 1. The predicted octanol–water partition coefficient (Wildman–Crippen LogP) is 2.27. The fourth-order valence-corrected chi connectivity index (χ4v) is 2.85. The van der Waals surface area contributed by atoms with Crippen LogP contribution in [0.5, 0.6) is 0 Å². The normalized spacial score (nSPS) is 20.7. The SMILES string of the molecule is CCc1cc(CN2CCCC(C(C)=O)C2)n(CC)n1. The second-order valence-electron chi connectivity index (χ2n) is 5.48. The maximum atomic E-state index is 11.5. The van der Waals surface area contributed by atoms with Gasteiger partial charge in [0.15, 0.2) is 0 Å². The van der Waals surface area contributed by atoms with Gasteiger partial charge in [-0.3, -0.25) is 14.4 Å². The van der Waals surface area contributed by atoms with Crippen molar-refractivity contribution >= 4 is 5.78 Å². The molecule has 0 radical (unpaired) electrons. The lowest BCUT2D eigenvalue weighted by molar-refractivity contribution is -0.122. The second-order valence-corrected chi connectivity index (χ2v) is 5.48. The molecule has 1 unspecified atom stereocenters. The third kappa shape index (κ3) is 3.44. The first-order chi connectivity index (χ1) is 9.13. The van der Waals surface area contributed by atoms with E-state index in [9.17, 15) is 4.79 Å². The molecule has 0 saturated carbocycles. The number of ketones is 1. The number of hydrogen-bond acceptors (Lipinski definition) is 3. The summed E-state index contributed by atoms with van der Waals surface area (Å²) in [6.45, 7) is 9.83. The summed E-state index contributed by atoms with van der Waals surface area (Å²) in [5, 5.41) is 4.59. The fourth-order valence-electron chi connectivity index (χ4n) is 2.85. The maximum Gasteiger partial charge on any atom is 0.134 e. The van der Waals surface area contributed by atoms with E-state index in [2.05, 4.69) is 34.6 Å². The molecular formula is C15H25N3O. The summed E-state index contributed by atoms with van der Waals surface area (Å²) in [6, 6.07) is 2.21. The van der Waals surface area contributed by atoms with Crippen molar-refractivity contribution in [1.82, 2.24) is 14.7 Å². The van der Waals surface area contributed by atoms with E-state index in [4.69, 9.17) is 0 Å². The summed E-state index contributed by atoms with van der Waals surface area (Å²) in [4.78, 5) is 13.9. The highest BCUT2D eigenvalue weighted by Crippen LogP contribution is 2.19. The van der Waals surface area contributed by atoms with Crippen molar-refractivity contribution in [3.8, 4) is 0 Å². The van der Waals surface area contributed by atoms with Crippen LogP contribution >= 0.6 is 0 Å². The van der Waals surface area contributed by atoms with E-state index in [1.54, 1.807) is 6.92 Å². The predicted molar refractivity (Wildman–Crippen MR) is 76.0 cm³/mol. The zero-order valence-corrected chi connectivity index (χ0v) is 12.4. The number of rotatable bonds is 5. The number of hydrogen-bond donors (Lipinski definition) is 0. The van der Waals surface area contributed by atoms with Crippen molar-refractivity contribution in [2.45, 2.75) is 53.1 Å². The number of Topliss-reactive ketones (excluding diaryl/α,β-unsaturated/α-hetero) is 1. The Hall–Kier alpha value is -1.16. The Morgan fingerprint density at radius 2 is 2.26 bits per heavy atom. The van der Waals surface area contributed by atoms with Crippen LogP contribution in [0.25, 0.3) is 0 Å². The first-order valence-corrected chi connectivity index (χ1v) is 7.42. The summed E-state index contributed by atoms with van der Waals surface area (Å²) >= 11 is 0. The number of carbonyl (C=O) groups is 1. The van der Waals surface area contributed by atoms with E-state index in [0.717, 1.165) is 51.1 Å². The Balaban J connectivity index is 2.03. The van der Waals surface area contributed by atoms with Gasteiger partial charge in [0.1, 0.15) is 5.78 Å². The summed E-state index contributed by atoms with van der Waals surface area (Å²) in [7, 11) is 0. The molecule has 1 aliphatic heterocycles. The molecule has 0 aliphatic carbocycles. The first-order valence-electron chi connectivity index (χ1n) is 7.42. The van der Waals surface area contributed by atoms with Gasteiger partial charge in [0.2, 0.25) is 0 Å². The lowest BCUT2D eigenvalue weighted by atomic mass is 9.94. The van der Waals surface area contributed by atoms with Crippen LogP contribution in [0.3, 0.4) is 0 Å². The molecule has 4 heteroatoms. The molecule has 106 valence electrons. The van der Waals surface area contributed by atoms with Crippen LogP contribution in [-0.2, 0) is 24.3 Å². The molecule has 19 heavy (non-hydrogen) atoms. The summed E-state index contributed by atoms with van der Waals surface area (Å²) < 4.78 is 2.09. The topological polar surface area (TPSA) is 38.1 Å². The quantitative estimate of drug-likeness (QED) is 0.818. The minimum absolute atomic E-state index is 0.234. The van der Waals surface area contributed by atoms with E-state index in [-0.39, 0.29) is 5.92 Å². The Labute approximate surface area is 115 Å². The summed E-state index contributed by atoms with van der Waals surface area (Å²) in [6.07, 6.45) is 3.17. The third-order valence-corrected chi connectivity index (χ3v) is 4.04. The van der Waals surface area contributed by atoms with Crippen molar-refractivity contribution in [1.29, 1.82) is 0 Å². The minimum Gasteiger partial charge on any atom is -0.300 e. The van der Waals surface area contributed by atoms with E-state index in [0.29, 0.717) is 5.78 Å². The average molecular weight is 263 g/mol. The zero-order chi connectivity index (χ0) is 13.8. The highest BCUT2D eigenvalue weighted by Gasteiger charge is 2.23. The van der Waals surface area contributed by atoms with Crippen LogP contribution in [0, 0.1) is 5.92 Å².